The van der Waals surface area contributed by atoms with Crippen LogP contribution < -0.4 is 4.74 Å². The van der Waals surface area contributed by atoms with Gasteiger partial charge in [0.05, 0.1) is 0 Å². The van der Waals surface area contributed by atoms with Gasteiger partial charge in [0.2, 0.25) is 6.10 Å². The molecule has 3 nitrogen and oxygen atoms in total. The number of carbonyl (C=O) groups excluding carboxylic acids is 1. The molecule has 2 aromatic carbocycles. The Balaban J connectivity index is 1.79. The Morgan fingerprint density at radius 2 is 1.68 bits per heavy atom. The average Bonchev–Trinajstić information content (AvgIpc) is 2.58. The molecule has 1 aliphatic heterocycles. The molecule has 0 bridgehead atoms. The minimum absolute atomic E-state index is 0.119. The Kier molecular flexibility index (Phi) is 3.93. The number of benzene rings is 2. The standard InChI is InChI=1S/C19H15NO2/c1-2-20-17(14-13-15-9-5-3-6-10-15)18(19(20)21)22-16-11-7-4-8-12-16/h2-12,17-18H,1H2/t17-,18+/m1/s1. The van der Waals surface area contributed by atoms with Crippen LogP contribution in [0.4, 0.5) is 0 Å². The molecule has 2 aromatic rings. The first-order valence-electron chi connectivity index (χ1n) is 7.02. The average molecular weight is 289 g/mol. The second-order valence-electron chi connectivity index (χ2n) is 4.86. The number of amides is 1. The number of carbonyl (C=O) groups is 1. The zero-order valence-electron chi connectivity index (χ0n) is 12.0. The van der Waals surface area contributed by atoms with Gasteiger partial charge in [0.1, 0.15) is 11.8 Å². The third-order valence-electron chi connectivity index (χ3n) is 3.43. The van der Waals surface area contributed by atoms with Gasteiger partial charge in [0.25, 0.3) is 5.91 Å². The number of ether oxygens (including phenoxy) is 1. The van der Waals surface area contributed by atoms with Crippen LogP contribution in [0.3, 0.4) is 0 Å². The lowest BCUT2D eigenvalue weighted by atomic mass is 9.98. The summed E-state index contributed by atoms with van der Waals surface area (Å²) in [7, 11) is 0. The molecular weight excluding hydrogens is 274 g/mol. The number of nitrogens with zero attached hydrogens (tertiary/aromatic N) is 1. The molecule has 108 valence electrons. The molecule has 0 unspecified atom stereocenters. The number of hydrogen-bond donors (Lipinski definition) is 0. The largest absolute Gasteiger partial charge is 0.477 e. The number of rotatable bonds is 3. The lowest BCUT2D eigenvalue weighted by molar-refractivity contribution is -0.153. The summed E-state index contributed by atoms with van der Waals surface area (Å²) in [6.45, 7) is 3.66. The summed E-state index contributed by atoms with van der Waals surface area (Å²) in [6, 6.07) is 18.6. The fourth-order valence-corrected chi connectivity index (χ4v) is 2.27. The first-order valence-corrected chi connectivity index (χ1v) is 7.02. The first kappa shape index (κ1) is 14.0. The van der Waals surface area contributed by atoms with Gasteiger partial charge in [-0.15, -0.1) is 0 Å². The van der Waals surface area contributed by atoms with E-state index in [1.54, 1.807) is 0 Å². The lowest BCUT2D eigenvalue weighted by Crippen LogP contribution is -2.64. The van der Waals surface area contributed by atoms with E-state index in [0.717, 1.165) is 5.56 Å². The van der Waals surface area contributed by atoms with Gasteiger partial charge in [-0.2, -0.15) is 0 Å². The van der Waals surface area contributed by atoms with Gasteiger partial charge in [-0.25, -0.2) is 0 Å². The molecule has 0 radical (unpaired) electrons. The molecule has 0 spiro atoms. The summed E-state index contributed by atoms with van der Waals surface area (Å²) >= 11 is 0. The van der Waals surface area contributed by atoms with E-state index >= 15 is 0 Å². The van der Waals surface area contributed by atoms with E-state index in [-0.39, 0.29) is 11.9 Å². The molecule has 22 heavy (non-hydrogen) atoms. The smallest absolute Gasteiger partial charge is 0.272 e. The van der Waals surface area contributed by atoms with E-state index in [1.165, 1.54) is 11.1 Å². The third kappa shape index (κ3) is 2.72. The number of β-lactam (4-membered cyclic amide) rings is 1. The highest BCUT2D eigenvalue weighted by Crippen LogP contribution is 2.25. The van der Waals surface area contributed by atoms with Crippen LogP contribution in [0.25, 0.3) is 0 Å². The van der Waals surface area contributed by atoms with Gasteiger partial charge in [-0.3, -0.25) is 9.69 Å². The van der Waals surface area contributed by atoms with Crippen molar-refractivity contribution in [1.29, 1.82) is 0 Å². The molecule has 0 N–H and O–H groups in total. The molecule has 1 heterocycles. The van der Waals surface area contributed by atoms with Crippen LogP contribution in [-0.2, 0) is 4.79 Å². The summed E-state index contributed by atoms with van der Waals surface area (Å²) in [5.74, 6) is 6.72. The van der Waals surface area contributed by atoms with Gasteiger partial charge in [0, 0.05) is 11.8 Å². The number of para-hydroxylation sites is 1. The molecule has 3 heteroatoms. The topological polar surface area (TPSA) is 29.5 Å². The summed E-state index contributed by atoms with van der Waals surface area (Å²) in [5.41, 5.74) is 0.907. The minimum atomic E-state index is -0.586. The van der Waals surface area contributed by atoms with Crippen molar-refractivity contribution in [3.05, 3.63) is 79.0 Å². The van der Waals surface area contributed by atoms with Gasteiger partial charge >= 0.3 is 0 Å². The summed E-state index contributed by atoms with van der Waals surface area (Å²) < 4.78 is 5.75. The maximum atomic E-state index is 12.1. The van der Waals surface area contributed by atoms with Crippen molar-refractivity contribution in [3.8, 4) is 17.6 Å². The summed E-state index contributed by atoms with van der Waals surface area (Å²) in [4.78, 5) is 13.6. The molecule has 1 fully saturated rings. The lowest BCUT2D eigenvalue weighted by Gasteiger charge is -2.41. The monoisotopic (exact) mass is 289 g/mol. The van der Waals surface area contributed by atoms with Crippen molar-refractivity contribution in [2.45, 2.75) is 12.1 Å². The molecule has 1 amide bonds. The third-order valence-corrected chi connectivity index (χ3v) is 3.43. The zero-order chi connectivity index (χ0) is 15.4. The predicted molar refractivity (Wildman–Crippen MR) is 85.0 cm³/mol. The second-order valence-corrected chi connectivity index (χ2v) is 4.86. The minimum Gasteiger partial charge on any atom is -0.477 e. The second kappa shape index (κ2) is 6.19. The van der Waals surface area contributed by atoms with Crippen LogP contribution in [-0.4, -0.2) is 23.0 Å². The summed E-state index contributed by atoms with van der Waals surface area (Å²) in [5, 5.41) is 0. The maximum Gasteiger partial charge on any atom is 0.272 e. The van der Waals surface area contributed by atoms with Crippen molar-refractivity contribution >= 4 is 5.91 Å². The quantitative estimate of drug-likeness (QED) is 0.642. The van der Waals surface area contributed by atoms with Crippen molar-refractivity contribution in [2.24, 2.45) is 0 Å². The van der Waals surface area contributed by atoms with Crippen molar-refractivity contribution in [2.75, 3.05) is 0 Å². The molecule has 0 saturated carbocycles. The van der Waals surface area contributed by atoms with Crippen molar-refractivity contribution < 1.29 is 9.53 Å². The Bertz CT molecular complexity index is 728. The van der Waals surface area contributed by atoms with Crippen LogP contribution in [0.15, 0.2) is 73.4 Å². The Hall–Kier alpha value is -2.99. The van der Waals surface area contributed by atoms with Gasteiger partial charge in [-0.1, -0.05) is 54.8 Å². The number of likely N-dealkylation sites (tertiary alicyclic amines) is 1. The van der Waals surface area contributed by atoms with Gasteiger partial charge in [0.15, 0.2) is 0 Å². The van der Waals surface area contributed by atoms with E-state index in [4.69, 9.17) is 4.74 Å². The van der Waals surface area contributed by atoms with Crippen LogP contribution in [0.5, 0.6) is 5.75 Å². The fourth-order valence-electron chi connectivity index (χ4n) is 2.27. The van der Waals surface area contributed by atoms with E-state index in [0.29, 0.717) is 5.75 Å². The van der Waals surface area contributed by atoms with E-state index in [1.807, 2.05) is 60.7 Å². The van der Waals surface area contributed by atoms with E-state index < -0.39 is 6.10 Å². The van der Waals surface area contributed by atoms with Crippen LogP contribution in [0, 0.1) is 11.8 Å². The highest BCUT2D eigenvalue weighted by atomic mass is 16.5. The normalized spacial score (nSPS) is 19.6. The molecule has 0 aliphatic carbocycles. The Morgan fingerprint density at radius 3 is 2.32 bits per heavy atom. The molecule has 0 aromatic heterocycles. The van der Waals surface area contributed by atoms with E-state index in [2.05, 4.69) is 18.4 Å². The SMILES string of the molecule is C=CN1C(=O)[C@@H](Oc2ccccc2)[C@H]1C#Cc1ccccc1. The molecular formula is C19H15NO2. The van der Waals surface area contributed by atoms with Gasteiger partial charge < -0.3 is 4.74 Å². The molecule has 1 aliphatic rings. The Morgan fingerprint density at radius 1 is 1.05 bits per heavy atom. The maximum absolute atomic E-state index is 12.1. The van der Waals surface area contributed by atoms with Crippen LogP contribution in [0.1, 0.15) is 5.56 Å². The molecule has 1 saturated heterocycles. The molecule has 2 atom stereocenters. The van der Waals surface area contributed by atoms with Crippen LogP contribution in [0.2, 0.25) is 0 Å². The zero-order valence-corrected chi connectivity index (χ0v) is 12.0. The predicted octanol–water partition coefficient (Wildman–Crippen LogP) is 2.84. The van der Waals surface area contributed by atoms with Crippen LogP contribution >= 0.6 is 0 Å². The van der Waals surface area contributed by atoms with Crippen molar-refractivity contribution in [1.82, 2.24) is 4.90 Å². The molecule has 3 rings (SSSR count). The van der Waals surface area contributed by atoms with E-state index in [9.17, 15) is 4.79 Å². The Labute approximate surface area is 129 Å². The first-order chi connectivity index (χ1) is 10.8. The van der Waals surface area contributed by atoms with Crippen molar-refractivity contribution in [3.63, 3.8) is 0 Å². The van der Waals surface area contributed by atoms with Gasteiger partial charge in [-0.05, 0) is 24.3 Å². The fraction of sp³-hybridized carbons (Fsp3) is 0.105. The highest BCUT2D eigenvalue weighted by Gasteiger charge is 2.47. The number of hydrogen-bond acceptors (Lipinski definition) is 2. The summed E-state index contributed by atoms with van der Waals surface area (Å²) in [6.07, 6.45) is 0.911. The highest BCUT2D eigenvalue weighted by molar-refractivity contribution is 5.91.